The molecule has 1 aromatic carbocycles. The zero-order valence-electron chi connectivity index (χ0n) is 13.7. The van der Waals surface area contributed by atoms with Crippen molar-refractivity contribution in [3.8, 4) is 0 Å². The van der Waals surface area contributed by atoms with Crippen LogP contribution < -0.4 is 0 Å². The van der Waals surface area contributed by atoms with E-state index in [-0.39, 0.29) is 19.0 Å². The number of piperidine rings is 1. The van der Waals surface area contributed by atoms with E-state index in [2.05, 4.69) is 14.5 Å². The predicted molar refractivity (Wildman–Crippen MR) is 89.0 cm³/mol. The molecule has 0 spiro atoms. The van der Waals surface area contributed by atoms with Gasteiger partial charge in [0.2, 0.25) is 0 Å². The number of halogens is 1. The van der Waals surface area contributed by atoms with Crippen molar-refractivity contribution in [1.82, 2.24) is 14.5 Å². The van der Waals surface area contributed by atoms with Gasteiger partial charge in [0, 0.05) is 43.6 Å². The molecule has 24 heavy (non-hydrogen) atoms. The van der Waals surface area contributed by atoms with Crippen molar-refractivity contribution < 1.29 is 14.2 Å². The average Bonchev–Trinajstić information content (AvgIpc) is 3.12. The van der Waals surface area contributed by atoms with Gasteiger partial charge in [0.15, 0.2) is 0 Å². The first-order valence-electron chi connectivity index (χ1n) is 8.41. The lowest BCUT2D eigenvalue weighted by Crippen LogP contribution is -2.40. The van der Waals surface area contributed by atoms with Gasteiger partial charge in [-0.15, -0.1) is 0 Å². The third kappa shape index (κ3) is 4.63. The summed E-state index contributed by atoms with van der Waals surface area (Å²) >= 11 is 0. The van der Waals surface area contributed by atoms with Crippen molar-refractivity contribution in [3.63, 3.8) is 0 Å². The number of hydrogen-bond acceptors (Lipinski definition) is 4. The molecule has 0 amide bonds. The first-order valence-corrected chi connectivity index (χ1v) is 8.41. The van der Waals surface area contributed by atoms with Crippen molar-refractivity contribution in [2.75, 3.05) is 26.2 Å². The van der Waals surface area contributed by atoms with Gasteiger partial charge >= 0.3 is 0 Å². The Hall–Kier alpha value is -1.76. The van der Waals surface area contributed by atoms with Crippen LogP contribution >= 0.6 is 0 Å². The summed E-state index contributed by atoms with van der Waals surface area (Å²) in [6.45, 7) is 2.90. The fraction of sp³-hybridized carbons (Fsp3) is 0.500. The standard InChI is InChI=1S/C18H24FN3O2/c19-18-4-2-1-3-15(18)12-24-13-17(23)11-21-8-5-16(6-9-21)22-10-7-20-14-22/h1-4,7,10,14,16-17,23H,5-6,8-9,11-13H2. The van der Waals surface area contributed by atoms with Gasteiger partial charge in [0.1, 0.15) is 5.82 Å². The summed E-state index contributed by atoms with van der Waals surface area (Å²) in [6, 6.07) is 7.05. The molecule has 0 saturated carbocycles. The molecule has 1 saturated heterocycles. The van der Waals surface area contributed by atoms with Crippen LogP contribution in [0.2, 0.25) is 0 Å². The minimum atomic E-state index is -0.554. The summed E-state index contributed by atoms with van der Waals surface area (Å²) in [4.78, 5) is 6.35. The van der Waals surface area contributed by atoms with Gasteiger partial charge in [-0.1, -0.05) is 18.2 Å². The Morgan fingerprint density at radius 2 is 2.08 bits per heavy atom. The minimum Gasteiger partial charge on any atom is -0.389 e. The van der Waals surface area contributed by atoms with Gasteiger partial charge in [-0.2, -0.15) is 0 Å². The van der Waals surface area contributed by atoms with Crippen LogP contribution in [-0.4, -0.2) is 51.9 Å². The number of rotatable bonds is 7. The number of β-amino-alcohol motifs (C(OH)–C–C–N with tert-alkyl or cyclic N) is 1. The van der Waals surface area contributed by atoms with E-state index in [4.69, 9.17) is 4.74 Å². The van der Waals surface area contributed by atoms with Crippen LogP contribution in [0, 0.1) is 5.82 Å². The van der Waals surface area contributed by atoms with Crippen LogP contribution in [0.15, 0.2) is 43.0 Å². The summed E-state index contributed by atoms with van der Waals surface area (Å²) in [6.07, 6.45) is 7.24. The van der Waals surface area contributed by atoms with Crippen molar-refractivity contribution in [3.05, 3.63) is 54.4 Å². The lowest BCUT2D eigenvalue weighted by molar-refractivity contribution is 0.00418. The highest BCUT2D eigenvalue weighted by Crippen LogP contribution is 2.22. The number of aromatic nitrogens is 2. The summed E-state index contributed by atoms with van der Waals surface area (Å²) in [5.74, 6) is -0.270. The molecule has 1 aromatic heterocycles. The van der Waals surface area contributed by atoms with Crippen molar-refractivity contribution >= 4 is 0 Å². The third-order valence-corrected chi connectivity index (χ3v) is 4.50. The maximum Gasteiger partial charge on any atom is 0.128 e. The molecule has 1 fully saturated rings. The Balaban J connectivity index is 1.35. The number of likely N-dealkylation sites (tertiary alicyclic amines) is 1. The SMILES string of the molecule is OC(COCc1ccccc1F)CN1CCC(n2ccnc2)CC1. The molecule has 2 aromatic rings. The second-order valence-electron chi connectivity index (χ2n) is 6.30. The summed E-state index contributed by atoms with van der Waals surface area (Å²) in [5.41, 5.74) is 0.519. The normalized spacial score (nSPS) is 17.9. The van der Waals surface area contributed by atoms with E-state index >= 15 is 0 Å². The van der Waals surface area contributed by atoms with Gasteiger partial charge in [-0.05, 0) is 18.9 Å². The molecule has 1 unspecified atom stereocenters. The molecule has 1 aliphatic heterocycles. The maximum atomic E-state index is 13.5. The first kappa shape index (κ1) is 17.1. The molecule has 5 nitrogen and oxygen atoms in total. The number of aliphatic hydroxyl groups is 1. The van der Waals surface area contributed by atoms with Crippen LogP contribution in [0.3, 0.4) is 0 Å². The van der Waals surface area contributed by atoms with E-state index < -0.39 is 6.10 Å². The van der Waals surface area contributed by atoms with Crippen LogP contribution in [-0.2, 0) is 11.3 Å². The molecule has 6 heteroatoms. The van der Waals surface area contributed by atoms with Crippen LogP contribution in [0.5, 0.6) is 0 Å². The highest BCUT2D eigenvalue weighted by Gasteiger charge is 2.21. The Bertz CT molecular complexity index is 612. The third-order valence-electron chi connectivity index (χ3n) is 4.50. The fourth-order valence-electron chi connectivity index (χ4n) is 3.16. The molecule has 0 aliphatic carbocycles. The van der Waals surface area contributed by atoms with E-state index in [1.54, 1.807) is 18.2 Å². The van der Waals surface area contributed by atoms with Gasteiger partial charge in [0.05, 0.1) is 25.6 Å². The number of aliphatic hydroxyl groups excluding tert-OH is 1. The molecule has 0 bridgehead atoms. The Kier molecular flexibility index (Phi) is 5.96. The first-order chi connectivity index (χ1) is 11.7. The Morgan fingerprint density at radius 3 is 2.79 bits per heavy atom. The largest absolute Gasteiger partial charge is 0.389 e. The minimum absolute atomic E-state index is 0.187. The topological polar surface area (TPSA) is 50.5 Å². The summed E-state index contributed by atoms with van der Waals surface area (Å²) < 4.78 is 21.1. The monoisotopic (exact) mass is 333 g/mol. The molecular formula is C18H24FN3O2. The van der Waals surface area contributed by atoms with Gasteiger partial charge < -0.3 is 19.3 Å². The molecule has 130 valence electrons. The van der Waals surface area contributed by atoms with E-state index in [1.807, 2.05) is 18.7 Å². The second-order valence-corrected chi connectivity index (χ2v) is 6.30. The Morgan fingerprint density at radius 1 is 1.29 bits per heavy atom. The lowest BCUT2D eigenvalue weighted by atomic mass is 10.0. The lowest BCUT2D eigenvalue weighted by Gasteiger charge is -2.33. The highest BCUT2D eigenvalue weighted by atomic mass is 19.1. The van der Waals surface area contributed by atoms with Crippen LogP contribution in [0.4, 0.5) is 4.39 Å². The molecule has 1 atom stereocenters. The highest BCUT2D eigenvalue weighted by molar-refractivity contribution is 5.16. The second kappa shape index (κ2) is 8.37. The number of hydrogen-bond donors (Lipinski definition) is 1. The zero-order valence-corrected chi connectivity index (χ0v) is 13.7. The fourth-order valence-corrected chi connectivity index (χ4v) is 3.16. The van der Waals surface area contributed by atoms with Crippen molar-refractivity contribution in [2.45, 2.75) is 31.6 Å². The van der Waals surface area contributed by atoms with Crippen LogP contribution in [0.25, 0.3) is 0 Å². The molecule has 0 radical (unpaired) electrons. The van der Waals surface area contributed by atoms with E-state index in [0.29, 0.717) is 18.2 Å². The average molecular weight is 333 g/mol. The van der Waals surface area contributed by atoms with Crippen molar-refractivity contribution in [2.24, 2.45) is 0 Å². The maximum absolute atomic E-state index is 13.5. The zero-order chi connectivity index (χ0) is 16.8. The smallest absolute Gasteiger partial charge is 0.128 e. The van der Waals surface area contributed by atoms with Crippen LogP contribution in [0.1, 0.15) is 24.4 Å². The summed E-state index contributed by atoms with van der Waals surface area (Å²) in [7, 11) is 0. The summed E-state index contributed by atoms with van der Waals surface area (Å²) in [5, 5.41) is 10.1. The predicted octanol–water partition coefficient (Wildman–Crippen LogP) is 2.24. The van der Waals surface area contributed by atoms with E-state index in [0.717, 1.165) is 25.9 Å². The molecule has 1 aliphatic rings. The van der Waals surface area contributed by atoms with Crippen molar-refractivity contribution in [1.29, 1.82) is 0 Å². The van der Waals surface area contributed by atoms with E-state index in [1.165, 1.54) is 6.07 Å². The van der Waals surface area contributed by atoms with Gasteiger partial charge in [-0.25, -0.2) is 9.37 Å². The molecule has 3 rings (SSSR count). The number of benzene rings is 1. The number of nitrogens with zero attached hydrogens (tertiary/aromatic N) is 3. The molecular weight excluding hydrogens is 309 g/mol. The quantitative estimate of drug-likeness (QED) is 0.844. The Labute approximate surface area is 141 Å². The van der Waals surface area contributed by atoms with E-state index in [9.17, 15) is 9.50 Å². The number of imidazole rings is 1. The number of ether oxygens (including phenoxy) is 1. The van der Waals surface area contributed by atoms with Gasteiger partial charge in [0.25, 0.3) is 0 Å². The molecule has 2 heterocycles. The molecule has 1 N–H and O–H groups in total. The van der Waals surface area contributed by atoms with Gasteiger partial charge in [-0.3, -0.25) is 0 Å².